The number of aliphatic hydroxyl groups is 1. The SMILES string of the molecule is CC1CCC(C)C(O)(Cc2ccc(Br)s2)C1. The summed E-state index contributed by atoms with van der Waals surface area (Å²) < 4.78 is 1.16. The van der Waals surface area contributed by atoms with Crippen LogP contribution in [-0.4, -0.2) is 10.7 Å². The van der Waals surface area contributed by atoms with Crippen LogP contribution in [0.2, 0.25) is 0 Å². The third-order valence-corrected chi connectivity index (χ3v) is 5.44. The van der Waals surface area contributed by atoms with Gasteiger partial charge in [-0.15, -0.1) is 11.3 Å². The number of hydrogen-bond donors (Lipinski definition) is 1. The molecule has 16 heavy (non-hydrogen) atoms. The number of rotatable bonds is 2. The third kappa shape index (κ3) is 2.69. The zero-order valence-electron chi connectivity index (χ0n) is 9.87. The van der Waals surface area contributed by atoms with Gasteiger partial charge in [0.15, 0.2) is 0 Å². The summed E-state index contributed by atoms with van der Waals surface area (Å²) >= 11 is 5.22. The van der Waals surface area contributed by atoms with E-state index in [9.17, 15) is 5.11 Å². The first kappa shape index (κ1) is 12.6. The van der Waals surface area contributed by atoms with Gasteiger partial charge in [-0.3, -0.25) is 0 Å². The Hall–Kier alpha value is 0.140. The highest BCUT2D eigenvalue weighted by molar-refractivity contribution is 9.11. The van der Waals surface area contributed by atoms with Crippen LogP contribution in [0.3, 0.4) is 0 Å². The van der Waals surface area contributed by atoms with E-state index in [1.54, 1.807) is 11.3 Å². The number of thiophene rings is 1. The topological polar surface area (TPSA) is 20.2 Å². The highest BCUT2D eigenvalue weighted by Gasteiger charge is 2.38. The molecule has 1 aromatic rings. The van der Waals surface area contributed by atoms with Gasteiger partial charge in [0.1, 0.15) is 0 Å². The molecule has 1 saturated carbocycles. The fourth-order valence-corrected chi connectivity index (χ4v) is 4.31. The molecule has 0 saturated heterocycles. The molecule has 0 aromatic carbocycles. The average Bonchev–Trinajstić information content (AvgIpc) is 2.58. The van der Waals surface area contributed by atoms with Crippen molar-refractivity contribution in [3.05, 3.63) is 20.8 Å². The fraction of sp³-hybridized carbons (Fsp3) is 0.692. The molecule has 2 rings (SSSR count). The molecule has 1 fully saturated rings. The summed E-state index contributed by atoms with van der Waals surface area (Å²) in [4.78, 5) is 1.29. The maximum absolute atomic E-state index is 10.8. The zero-order valence-corrected chi connectivity index (χ0v) is 12.3. The van der Waals surface area contributed by atoms with E-state index in [0.29, 0.717) is 11.8 Å². The molecule has 90 valence electrons. The predicted octanol–water partition coefficient (Wildman–Crippen LogP) is 4.24. The lowest BCUT2D eigenvalue weighted by molar-refractivity contribution is -0.0554. The highest BCUT2D eigenvalue weighted by Crippen LogP contribution is 2.40. The minimum absolute atomic E-state index is 0.421. The van der Waals surface area contributed by atoms with Gasteiger partial charge in [-0.05, 0) is 52.7 Å². The van der Waals surface area contributed by atoms with Gasteiger partial charge in [-0.25, -0.2) is 0 Å². The first-order valence-electron chi connectivity index (χ1n) is 5.96. The van der Waals surface area contributed by atoms with Crippen molar-refractivity contribution in [3.8, 4) is 0 Å². The van der Waals surface area contributed by atoms with E-state index in [-0.39, 0.29) is 0 Å². The van der Waals surface area contributed by atoms with Crippen molar-refractivity contribution in [2.24, 2.45) is 11.8 Å². The van der Waals surface area contributed by atoms with E-state index in [0.717, 1.165) is 23.0 Å². The quantitative estimate of drug-likeness (QED) is 0.866. The van der Waals surface area contributed by atoms with Crippen LogP contribution in [0, 0.1) is 11.8 Å². The summed E-state index contributed by atoms with van der Waals surface area (Å²) in [6.45, 7) is 4.44. The minimum Gasteiger partial charge on any atom is -0.389 e. The molecule has 0 radical (unpaired) electrons. The van der Waals surface area contributed by atoms with E-state index in [4.69, 9.17) is 0 Å². The van der Waals surface area contributed by atoms with Crippen molar-refractivity contribution in [2.45, 2.75) is 45.1 Å². The number of halogens is 1. The average molecular weight is 303 g/mol. The van der Waals surface area contributed by atoms with Crippen LogP contribution >= 0.6 is 27.3 Å². The molecule has 1 nitrogen and oxygen atoms in total. The maximum atomic E-state index is 10.8. The highest BCUT2D eigenvalue weighted by atomic mass is 79.9. The maximum Gasteiger partial charge on any atom is 0.0723 e. The van der Waals surface area contributed by atoms with Crippen LogP contribution in [0.25, 0.3) is 0 Å². The normalized spacial score (nSPS) is 35.2. The van der Waals surface area contributed by atoms with Gasteiger partial charge in [0.2, 0.25) is 0 Å². The van der Waals surface area contributed by atoms with Gasteiger partial charge < -0.3 is 5.11 Å². The summed E-state index contributed by atoms with van der Waals surface area (Å²) in [7, 11) is 0. The van der Waals surface area contributed by atoms with Crippen molar-refractivity contribution < 1.29 is 5.11 Å². The van der Waals surface area contributed by atoms with Gasteiger partial charge in [-0.1, -0.05) is 20.3 Å². The molecule has 0 aliphatic heterocycles. The summed E-state index contributed by atoms with van der Waals surface area (Å²) in [5.41, 5.74) is -0.484. The molecule has 1 aromatic heterocycles. The second-order valence-corrected chi connectivity index (χ2v) is 7.82. The molecule has 1 N–H and O–H groups in total. The summed E-state index contributed by atoms with van der Waals surface area (Å²) in [5.74, 6) is 1.08. The van der Waals surface area contributed by atoms with E-state index >= 15 is 0 Å². The molecule has 1 heterocycles. The molecule has 3 atom stereocenters. The van der Waals surface area contributed by atoms with E-state index in [1.807, 2.05) is 0 Å². The first-order valence-corrected chi connectivity index (χ1v) is 7.57. The Morgan fingerprint density at radius 1 is 1.44 bits per heavy atom. The van der Waals surface area contributed by atoms with Crippen molar-refractivity contribution in [1.82, 2.24) is 0 Å². The lowest BCUT2D eigenvalue weighted by atomic mass is 9.70. The summed E-state index contributed by atoms with van der Waals surface area (Å²) in [5, 5.41) is 10.8. The first-order chi connectivity index (χ1) is 7.49. The van der Waals surface area contributed by atoms with Gasteiger partial charge in [0, 0.05) is 11.3 Å². The Labute approximate surface area is 110 Å². The summed E-state index contributed by atoms with van der Waals surface area (Å²) in [6.07, 6.45) is 4.18. The Morgan fingerprint density at radius 3 is 2.81 bits per heavy atom. The third-order valence-electron chi connectivity index (χ3n) is 3.82. The lowest BCUT2D eigenvalue weighted by Crippen LogP contribution is -2.43. The van der Waals surface area contributed by atoms with Gasteiger partial charge >= 0.3 is 0 Å². The Bertz CT molecular complexity index is 363. The monoisotopic (exact) mass is 302 g/mol. The van der Waals surface area contributed by atoms with Crippen LogP contribution in [0.4, 0.5) is 0 Å². The molecule has 0 bridgehead atoms. The molecule has 3 heteroatoms. The smallest absolute Gasteiger partial charge is 0.0723 e. The molecular weight excluding hydrogens is 284 g/mol. The minimum atomic E-state index is -0.484. The Balaban J connectivity index is 2.11. The number of hydrogen-bond acceptors (Lipinski definition) is 2. The molecule has 0 spiro atoms. The summed E-state index contributed by atoms with van der Waals surface area (Å²) in [6, 6.07) is 4.19. The van der Waals surface area contributed by atoms with E-state index in [1.165, 1.54) is 11.3 Å². The molecule has 3 unspecified atom stereocenters. The van der Waals surface area contributed by atoms with Crippen LogP contribution in [0.15, 0.2) is 15.9 Å². The van der Waals surface area contributed by atoms with Crippen molar-refractivity contribution >= 4 is 27.3 Å². The van der Waals surface area contributed by atoms with E-state index in [2.05, 4.69) is 41.9 Å². The molecule has 1 aliphatic rings. The van der Waals surface area contributed by atoms with Crippen LogP contribution in [-0.2, 0) is 6.42 Å². The van der Waals surface area contributed by atoms with Crippen LogP contribution < -0.4 is 0 Å². The van der Waals surface area contributed by atoms with Gasteiger partial charge in [0.05, 0.1) is 9.39 Å². The van der Waals surface area contributed by atoms with E-state index < -0.39 is 5.60 Å². The van der Waals surface area contributed by atoms with Crippen molar-refractivity contribution in [2.75, 3.05) is 0 Å². The van der Waals surface area contributed by atoms with Gasteiger partial charge in [-0.2, -0.15) is 0 Å². The second-order valence-electron chi connectivity index (χ2n) is 5.27. The Morgan fingerprint density at radius 2 is 2.19 bits per heavy atom. The fourth-order valence-electron chi connectivity index (χ4n) is 2.70. The van der Waals surface area contributed by atoms with Crippen molar-refractivity contribution in [3.63, 3.8) is 0 Å². The van der Waals surface area contributed by atoms with Crippen LogP contribution in [0.1, 0.15) is 38.0 Å². The second kappa shape index (κ2) is 4.79. The predicted molar refractivity (Wildman–Crippen MR) is 72.9 cm³/mol. The van der Waals surface area contributed by atoms with Crippen LogP contribution in [0.5, 0.6) is 0 Å². The standard InChI is InChI=1S/C13H19BrOS/c1-9-3-4-10(2)13(15,7-9)8-11-5-6-12(14)16-11/h5-6,9-10,15H,3-4,7-8H2,1-2H3. The largest absolute Gasteiger partial charge is 0.389 e. The molecular formula is C13H19BrOS. The molecule has 1 aliphatic carbocycles. The molecule has 0 amide bonds. The zero-order chi connectivity index (χ0) is 11.8. The lowest BCUT2D eigenvalue weighted by Gasteiger charge is -2.41. The van der Waals surface area contributed by atoms with Gasteiger partial charge in [0.25, 0.3) is 0 Å². The van der Waals surface area contributed by atoms with Crippen molar-refractivity contribution in [1.29, 1.82) is 0 Å². The Kier molecular flexibility index (Phi) is 3.77.